The zero-order valence-electron chi connectivity index (χ0n) is 23.4. The number of anilines is 2. The average Bonchev–Trinajstić information content (AvgIpc) is 3.36. The van der Waals surface area contributed by atoms with Crippen molar-refractivity contribution >= 4 is 32.1 Å². The fourth-order valence-corrected chi connectivity index (χ4v) is 6.50. The van der Waals surface area contributed by atoms with Crippen molar-refractivity contribution in [1.29, 1.82) is 5.26 Å². The van der Waals surface area contributed by atoms with Crippen molar-refractivity contribution in [2.24, 2.45) is 0 Å². The van der Waals surface area contributed by atoms with Gasteiger partial charge in [0.25, 0.3) is 0 Å². The molecule has 1 unspecified atom stereocenters. The Kier molecular flexibility index (Phi) is 8.95. The third-order valence-electron chi connectivity index (χ3n) is 6.94. The SMILES string of the molecule is COc1cc2c(Nc3ccc(Oc4ccccc4OC)cc3)c(C#N)cnc2cc1OCCCNC1CCS(=O)(=O)C1. The Morgan fingerprint density at radius 2 is 1.76 bits per heavy atom. The van der Waals surface area contributed by atoms with Crippen LogP contribution in [0.4, 0.5) is 11.4 Å². The normalized spacial score (nSPS) is 15.6. The Hall–Kier alpha value is -4.53. The molecule has 1 saturated heterocycles. The van der Waals surface area contributed by atoms with Gasteiger partial charge in [0.1, 0.15) is 11.8 Å². The van der Waals surface area contributed by atoms with Crippen LogP contribution in [-0.2, 0) is 9.84 Å². The van der Waals surface area contributed by atoms with E-state index in [0.29, 0.717) is 76.9 Å². The number of hydrogen-bond acceptors (Lipinski definition) is 10. The molecule has 1 aliphatic heterocycles. The third-order valence-corrected chi connectivity index (χ3v) is 8.71. The Morgan fingerprint density at radius 1 is 1.00 bits per heavy atom. The number of methoxy groups -OCH3 is 2. The molecule has 2 N–H and O–H groups in total. The first-order chi connectivity index (χ1) is 20.4. The fraction of sp³-hybridized carbons (Fsp3) is 0.290. The second-order valence-corrected chi connectivity index (χ2v) is 12.1. The van der Waals surface area contributed by atoms with E-state index >= 15 is 0 Å². The van der Waals surface area contributed by atoms with E-state index in [0.717, 1.165) is 5.69 Å². The minimum atomic E-state index is -2.91. The summed E-state index contributed by atoms with van der Waals surface area (Å²) in [6.07, 6.45) is 2.87. The molecule has 4 aromatic rings. The summed E-state index contributed by atoms with van der Waals surface area (Å²) in [6, 6.07) is 20.6. The molecule has 0 saturated carbocycles. The van der Waals surface area contributed by atoms with Crippen LogP contribution in [0.25, 0.3) is 10.9 Å². The van der Waals surface area contributed by atoms with Gasteiger partial charge in [-0.05, 0) is 61.9 Å². The number of rotatable bonds is 12. The summed E-state index contributed by atoms with van der Waals surface area (Å²) in [4.78, 5) is 4.48. The maximum Gasteiger partial charge on any atom is 0.169 e. The van der Waals surface area contributed by atoms with E-state index in [2.05, 4.69) is 21.7 Å². The van der Waals surface area contributed by atoms with Gasteiger partial charge in [0, 0.05) is 29.4 Å². The summed E-state index contributed by atoms with van der Waals surface area (Å²) < 4.78 is 46.2. The van der Waals surface area contributed by atoms with Gasteiger partial charge in [0.15, 0.2) is 32.8 Å². The smallest absolute Gasteiger partial charge is 0.169 e. The molecule has 11 heteroatoms. The van der Waals surface area contributed by atoms with Gasteiger partial charge in [-0.1, -0.05) is 12.1 Å². The number of nitrogens with zero attached hydrogens (tertiary/aromatic N) is 2. The van der Waals surface area contributed by atoms with Crippen LogP contribution in [-0.4, -0.2) is 58.3 Å². The summed E-state index contributed by atoms with van der Waals surface area (Å²) in [5, 5.41) is 17.2. The molecule has 42 heavy (non-hydrogen) atoms. The number of nitrogens with one attached hydrogen (secondary N) is 2. The van der Waals surface area contributed by atoms with Gasteiger partial charge in [-0.25, -0.2) is 8.42 Å². The summed E-state index contributed by atoms with van der Waals surface area (Å²) in [5.74, 6) is 3.37. The standard InChI is InChI=1S/C31H32N4O6S/c1-38-27-6-3-4-7-28(27)41-24-10-8-22(9-11-24)35-31-21(18-32)19-34-26-17-30(29(39-2)16-25(26)31)40-14-5-13-33-23-12-15-42(36,37)20-23/h3-4,6-11,16-17,19,23,33H,5,12-15,20H2,1-2H3,(H,34,35). The van der Waals surface area contributed by atoms with Crippen molar-refractivity contribution < 1.29 is 27.4 Å². The van der Waals surface area contributed by atoms with Crippen LogP contribution >= 0.6 is 0 Å². The van der Waals surface area contributed by atoms with E-state index in [9.17, 15) is 13.7 Å². The predicted octanol–water partition coefficient (Wildman–Crippen LogP) is 5.21. The number of sulfone groups is 1. The second-order valence-electron chi connectivity index (χ2n) is 9.84. The highest BCUT2D eigenvalue weighted by atomic mass is 32.2. The molecule has 1 aromatic heterocycles. The average molecular weight is 589 g/mol. The number of hydrogen-bond donors (Lipinski definition) is 2. The zero-order chi connectivity index (χ0) is 29.5. The Bertz CT molecular complexity index is 1700. The van der Waals surface area contributed by atoms with Crippen molar-refractivity contribution in [1.82, 2.24) is 10.3 Å². The maximum absolute atomic E-state index is 11.6. The lowest BCUT2D eigenvalue weighted by molar-refractivity contribution is 0.286. The lowest BCUT2D eigenvalue weighted by Gasteiger charge is -2.16. The van der Waals surface area contributed by atoms with Gasteiger partial charge >= 0.3 is 0 Å². The lowest BCUT2D eigenvalue weighted by atomic mass is 10.1. The molecule has 3 aromatic carbocycles. The maximum atomic E-state index is 11.6. The largest absolute Gasteiger partial charge is 0.493 e. The number of para-hydroxylation sites is 2. The van der Waals surface area contributed by atoms with Crippen molar-refractivity contribution in [3.8, 4) is 34.8 Å². The summed E-state index contributed by atoms with van der Waals surface area (Å²) in [6.45, 7) is 1.07. The highest BCUT2D eigenvalue weighted by Gasteiger charge is 2.27. The molecule has 0 bridgehead atoms. The third kappa shape index (κ3) is 6.84. The molecule has 0 aliphatic carbocycles. The Morgan fingerprint density at radius 3 is 2.45 bits per heavy atom. The van der Waals surface area contributed by atoms with E-state index in [1.165, 1.54) is 6.20 Å². The molecule has 0 radical (unpaired) electrons. The number of ether oxygens (including phenoxy) is 4. The monoisotopic (exact) mass is 588 g/mol. The first-order valence-corrected chi connectivity index (χ1v) is 15.4. The predicted molar refractivity (Wildman–Crippen MR) is 161 cm³/mol. The number of fused-ring (bicyclic) bond motifs is 1. The van der Waals surface area contributed by atoms with Gasteiger partial charge in [-0.15, -0.1) is 0 Å². The highest BCUT2D eigenvalue weighted by Crippen LogP contribution is 2.38. The lowest BCUT2D eigenvalue weighted by Crippen LogP contribution is -2.31. The Balaban J connectivity index is 1.28. The van der Waals surface area contributed by atoms with Crippen LogP contribution in [0.1, 0.15) is 18.4 Å². The first-order valence-electron chi connectivity index (χ1n) is 13.5. The van der Waals surface area contributed by atoms with Crippen molar-refractivity contribution in [3.63, 3.8) is 0 Å². The van der Waals surface area contributed by atoms with E-state index in [4.69, 9.17) is 18.9 Å². The number of nitriles is 1. The Labute approximate surface area is 245 Å². The van der Waals surface area contributed by atoms with Gasteiger partial charge in [-0.3, -0.25) is 4.98 Å². The molecular formula is C31H32N4O6S. The van der Waals surface area contributed by atoms with E-state index in [1.807, 2.05) is 54.6 Å². The van der Waals surface area contributed by atoms with Gasteiger partial charge < -0.3 is 29.6 Å². The summed E-state index contributed by atoms with van der Waals surface area (Å²) in [5.41, 5.74) is 2.37. The molecule has 0 spiro atoms. The van der Waals surface area contributed by atoms with Crippen LogP contribution in [0.3, 0.4) is 0 Å². The molecular weight excluding hydrogens is 556 g/mol. The number of aromatic nitrogens is 1. The first kappa shape index (κ1) is 29.0. The van der Waals surface area contributed by atoms with Crippen LogP contribution in [0, 0.1) is 11.3 Å². The van der Waals surface area contributed by atoms with Gasteiger partial charge in [0.05, 0.1) is 49.1 Å². The zero-order valence-corrected chi connectivity index (χ0v) is 24.2. The molecule has 1 fully saturated rings. The van der Waals surface area contributed by atoms with E-state index < -0.39 is 9.84 Å². The number of benzene rings is 3. The molecule has 5 rings (SSSR count). The minimum Gasteiger partial charge on any atom is -0.493 e. The summed E-state index contributed by atoms with van der Waals surface area (Å²) >= 11 is 0. The van der Waals surface area contributed by atoms with Crippen molar-refractivity contribution in [2.75, 3.05) is 44.2 Å². The van der Waals surface area contributed by atoms with Crippen molar-refractivity contribution in [2.45, 2.75) is 18.9 Å². The molecule has 1 atom stereocenters. The van der Waals surface area contributed by atoms with Gasteiger partial charge in [0.2, 0.25) is 0 Å². The quantitative estimate of drug-likeness (QED) is 0.213. The molecule has 10 nitrogen and oxygen atoms in total. The highest BCUT2D eigenvalue weighted by molar-refractivity contribution is 7.91. The van der Waals surface area contributed by atoms with Crippen LogP contribution in [0.2, 0.25) is 0 Å². The van der Waals surface area contributed by atoms with Crippen LogP contribution in [0.5, 0.6) is 28.7 Å². The van der Waals surface area contributed by atoms with E-state index in [-0.39, 0.29) is 17.5 Å². The summed E-state index contributed by atoms with van der Waals surface area (Å²) in [7, 11) is 0.248. The van der Waals surface area contributed by atoms with Crippen LogP contribution in [0.15, 0.2) is 66.9 Å². The molecule has 0 amide bonds. The van der Waals surface area contributed by atoms with Crippen molar-refractivity contribution in [3.05, 3.63) is 72.4 Å². The topological polar surface area (TPSA) is 132 Å². The van der Waals surface area contributed by atoms with E-state index in [1.54, 1.807) is 20.3 Å². The second kappa shape index (κ2) is 13.0. The van der Waals surface area contributed by atoms with Crippen LogP contribution < -0.4 is 29.6 Å². The van der Waals surface area contributed by atoms with Gasteiger partial charge in [-0.2, -0.15) is 5.26 Å². The number of pyridine rings is 1. The molecule has 2 heterocycles. The minimum absolute atomic E-state index is 0.00534. The molecule has 218 valence electrons. The fourth-order valence-electron chi connectivity index (χ4n) is 4.79. The molecule has 1 aliphatic rings.